The molecule has 0 heterocycles. The fraction of sp³-hybridized carbons (Fsp3) is 0.600. The molecule has 1 fully saturated rings. The van der Waals surface area contributed by atoms with E-state index in [2.05, 4.69) is 6.92 Å². The average Bonchev–Trinajstić information content (AvgIpc) is 3.10. The highest BCUT2D eigenvalue weighted by atomic mass is 32.2. The number of hydrogen-bond donors (Lipinski definition) is 0. The summed E-state index contributed by atoms with van der Waals surface area (Å²) in [5.41, 5.74) is 1.41. The van der Waals surface area contributed by atoms with Crippen molar-refractivity contribution in [3.8, 4) is 0 Å². The Morgan fingerprint density at radius 1 is 1.16 bits per heavy atom. The summed E-state index contributed by atoms with van der Waals surface area (Å²) in [7, 11) is -3.59. The first kappa shape index (κ1) is 14.5. The van der Waals surface area contributed by atoms with Gasteiger partial charge in [-0.15, -0.1) is 0 Å². The summed E-state index contributed by atoms with van der Waals surface area (Å²) in [6.07, 6.45) is 5.63. The van der Waals surface area contributed by atoms with Crippen molar-refractivity contribution in [1.82, 2.24) is 0 Å². The van der Waals surface area contributed by atoms with Gasteiger partial charge >= 0.3 is 0 Å². The normalized spacial score (nSPS) is 17.4. The maximum atomic E-state index is 12.0. The predicted molar refractivity (Wildman–Crippen MR) is 75.5 cm³/mol. The van der Waals surface area contributed by atoms with Gasteiger partial charge < -0.3 is 0 Å². The summed E-state index contributed by atoms with van der Waals surface area (Å²) >= 11 is 0. The molecular weight excluding hydrogens is 260 g/mol. The molecule has 106 valence electrons. The highest BCUT2D eigenvalue weighted by Crippen LogP contribution is 2.52. The van der Waals surface area contributed by atoms with Gasteiger partial charge in [0.2, 0.25) is 0 Å². The minimum absolute atomic E-state index is 0.249. The van der Waals surface area contributed by atoms with Crippen LogP contribution in [-0.2, 0) is 14.3 Å². The minimum atomic E-state index is -3.59. The lowest BCUT2D eigenvalue weighted by Crippen LogP contribution is -2.11. The van der Waals surface area contributed by atoms with E-state index in [0.717, 1.165) is 18.4 Å². The summed E-state index contributed by atoms with van der Waals surface area (Å²) in [5, 5.41) is 0. The van der Waals surface area contributed by atoms with E-state index in [4.69, 9.17) is 4.18 Å². The van der Waals surface area contributed by atoms with Crippen LogP contribution >= 0.6 is 0 Å². The van der Waals surface area contributed by atoms with Gasteiger partial charge in [-0.1, -0.05) is 31.0 Å². The zero-order valence-electron chi connectivity index (χ0n) is 11.7. The largest absolute Gasteiger partial charge is 0.296 e. The Morgan fingerprint density at radius 2 is 1.79 bits per heavy atom. The Hall–Kier alpha value is -0.870. The second-order valence-corrected chi connectivity index (χ2v) is 7.20. The van der Waals surface area contributed by atoms with Gasteiger partial charge in [-0.2, -0.15) is 8.42 Å². The summed E-state index contributed by atoms with van der Waals surface area (Å²) in [6.45, 7) is 4.40. The highest BCUT2D eigenvalue weighted by Gasteiger charge is 2.41. The summed E-state index contributed by atoms with van der Waals surface area (Å²) in [6, 6.07) is 6.78. The van der Waals surface area contributed by atoms with Gasteiger partial charge in [0.05, 0.1) is 11.5 Å². The van der Waals surface area contributed by atoms with Crippen molar-refractivity contribution < 1.29 is 12.6 Å². The molecule has 0 atom stereocenters. The third kappa shape index (κ3) is 3.80. The molecule has 0 unspecified atom stereocenters. The van der Waals surface area contributed by atoms with Crippen molar-refractivity contribution >= 4 is 10.1 Å². The molecule has 0 N–H and O–H groups in total. The topological polar surface area (TPSA) is 43.4 Å². The van der Waals surface area contributed by atoms with E-state index in [1.165, 1.54) is 19.3 Å². The van der Waals surface area contributed by atoms with Crippen LogP contribution in [0.4, 0.5) is 0 Å². The van der Waals surface area contributed by atoms with Gasteiger partial charge in [0.1, 0.15) is 0 Å². The van der Waals surface area contributed by atoms with Crippen LogP contribution in [0.15, 0.2) is 29.2 Å². The molecule has 1 aliphatic carbocycles. The van der Waals surface area contributed by atoms with Crippen LogP contribution in [0.3, 0.4) is 0 Å². The van der Waals surface area contributed by atoms with Crippen LogP contribution in [0.1, 0.15) is 44.6 Å². The van der Waals surface area contributed by atoms with Crippen molar-refractivity contribution in [2.24, 2.45) is 5.41 Å². The SMILES string of the molecule is CCCC1(CCOS(=O)(=O)c2ccc(C)cc2)CC1. The number of rotatable bonds is 7. The van der Waals surface area contributed by atoms with E-state index in [9.17, 15) is 8.42 Å². The molecule has 0 saturated heterocycles. The standard InChI is InChI=1S/C15H22O3S/c1-3-8-15(9-10-15)11-12-18-19(16,17)14-6-4-13(2)5-7-14/h4-7H,3,8-12H2,1-2H3. The van der Waals surface area contributed by atoms with Crippen LogP contribution in [0.25, 0.3) is 0 Å². The van der Waals surface area contributed by atoms with E-state index in [1.54, 1.807) is 24.3 Å². The molecule has 4 heteroatoms. The van der Waals surface area contributed by atoms with Crippen molar-refractivity contribution in [2.45, 2.75) is 50.8 Å². The molecule has 0 aliphatic heterocycles. The summed E-state index contributed by atoms with van der Waals surface area (Å²) in [5.74, 6) is 0. The molecule has 0 spiro atoms. The lowest BCUT2D eigenvalue weighted by molar-refractivity contribution is 0.265. The molecule has 1 saturated carbocycles. The first-order valence-corrected chi connectivity index (χ1v) is 8.34. The Labute approximate surface area is 116 Å². The second-order valence-electron chi connectivity index (χ2n) is 5.59. The van der Waals surface area contributed by atoms with Crippen molar-refractivity contribution in [2.75, 3.05) is 6.61 Å². The van der Waals surface area contributed by atoms with Gasteiger partial charge in [0.15, 0.2) is 0 Å². The van der Waals surface area contributed by atoms with E-state index >= 15 is 0 Å². The van der Waals surface area contributed by atoms with Gasteiger partial charge in [-0.25, -0.2) is 0 Å². The van der Waals surface area contributed by atoms with Crippen molar-refractivity contribution in [3.63, 3.8) is 0 Å². The third-order valence-corrected chi connectivity index (χ3v) is 5.24. The summed E-state index contributed by atoms with van der Waals surface area (Å²) in [4.78, 5) is 0.249. The highest BCUT2D eigenvalue weighted by molar-refractivity contribution is 7.86. The molecule has 1 aromatic carbocycles. The quantitative estimate of drug-likeness (QED) is 0.717. The van der Waals surface area contributed by atoms with Crippen LogP contribution in [-0.4, -0.2) is 15.0 Å². The van der Waals surface area contributed by atoms with Gasteiger partial charge in [0, 0.05) is 0 Å². The van der Waals surface area contributed by atoms with Gasteiger partial charge in [-0.3, -0.25) is 4.18 Å². The molecule has 0 amide bonds. The zero-order valence-corrected chi connectivity index (χ0v) is 12.5. The first-order chi connectivity index (χ1) is 8.97. The molecule has 2 rings (SSSR count). The Kier molecular flexibility index (Phi) is 4.31. The lowest BCUT2D eigenvalue weighted by Gasteiger charge is -2.13. The lowest BCUT2D eigenvalue weighted by atomic mass is 9.97. The molecule has 3 nitrogen and oxygen atoms in total. The fourth-order valence-electron chi connectivity index (χ4n) is 2.47. The Balaban J connectivity index is 1.90. The van der Waals surface area contributed by atoms with Crippen molar-refractivity contribution in [3.05, 3.63) is 29.8 Å². The van der Waals surface area contributed by atoms with Crippen molar-refractivity contribution in [1.29, 1.82) is 0 Å². The van der Waals surface area contributed by atoms with Crippen LogP contribution < -0.4 is 0 Å². The molecule has 1 aliphatic rings. The Bertz CT molecular complexity index is 513. The predicted octanol–water partition coefficient (Wildman–Crippen LogP) is 3.67. The monoisotopic (exact) mass is 282 g/mol. The Morgan fingerprint density at radius 3 is 2.32 bits per heavy atom. The maximum Gasteiger partial charge on any atom is 0.296 e. The van der Waals surface area contributed by atoms with Crippen LogP contribution in [0.5, 0.6) is 0 Å². The minimum Gasteiger partial charge on any atom is -0.266 e. The fourth-order valence-corrected chi connectivity index (χ4v) is 3.38. The van der Waals surface area contributed by atoms with Gasteiger partial charge in [0.25, 0.3) is 10.1 Å². The number of aryl methyl sites for hydroxylation is 1. The van der Waals surface area contributed by atoms with Crippen LogP contribution in [0.2, 0.25) is 0 Å². The van der Waals surface area contributed by atoms with E-state index in [0.29, 0.717) is 12.0 Å². The molecule has 0 aromatic heterocycles. The number of benzene rings is 1. The molecular formula is C15H22O3S. The van der Waals surface area contributed by atoms with Gasteiger partial charge in [-0.05, 0) is 50.2 Å². The summed E-state index contributed by atoms with van der Waals surface area (Å²) < 4.78 is 29.1. The maximum absolute atomic E-state index is 12.0. The smallest absolute Gasteiger partial charge is 0.266 e. The molecule has 0 radical (unpaired) electrons. The zero-order chi connectivity index (χ0) is 13.9. The average molecular weight is 282 g/mol. The molecule has 1 aromatic rings. The van der Waals surface area contributed by atoms with Crippen LogP contribution in [0, 0.1) is 12.3 Å². The van der Waals surface area contributed by atoms with E-state index in [1.807, 2.05) is 6.92 Å². The second kappa shape index (κ2) is 5.63. The molecule has 19 heavy (non-hydrogen) atoms. The molecule has 0 bridgehead atoms. The first-order valence-electron chi connectivity index (χ1n) is 6.94. The third-order valence-electron chi connectivity index (χ3n) is 3.92. The van der Waals surface area contributed by atoms with E-state index < -0.39 is 10.1 Å². The number of hydrogen-bond acceptors (Lipinski definition) is 3. The van der Waals surface area contributed by atoms with E-state index in [-0.39, 0.29) is 4.90 Å².